The Morgan fingerprint density at radius 1 is 1.37 bits per heavy atom. The monoisotopic (exact) mass is 256 g/mol. The van der Waals surface area contributed by atoms with E-state index in [0.717, 1.165) is 10.9 Å². The van der Waals surface area contributed by atoms with Crippen LogP contribution in [0.3, 0.4) is 0 Å². The number of H-pyrrole nitrogens is 1. The van der Waals surface area contributed by atoms with Crippen molar-refractivity contribution in [1.82, 2.24) is 4.98 Å². The number of aromatic amines is 1. The van der Waals surface area contributed by atoms with Crippen LogP contribution < -0.4 is 0 Å². The molecule has 2 rings (SSSR count). The van der Waals surface area contributed by atoms with E-state index in [1.807, 2.05) is 45.0 Å². The first-order valence-corrected chi connectivity index (χ1v) is 6.12. The number of fused-ring (bicyclic) bond motifs is 1. The lowest BCUT2D eigenvalue weighted by molar-refractivity contribution is 0.00629. The second-order valence-electron chi connectivity index (χ2n) is 5.36. The largest absolute Gasteiger partial charge is 0.455 e. The quantitative estimate of drug-likeness (QED) is 0.839. The summed E-state index contributed by atoms with van der Waals surface area (Å²) >= 11 is 0. The number of esters is 1. The molecule has 0 radical (unpaired) electrons. The predicted octanol–water partition coefficient (Wildman–Crippen LogP) is 3.19. The molecular formula is C15H16N2O2. The molecule has 0 saturated carbocycles. The molecule has 0 spiro atoms. The van der Waals surface area contributed by atoms with Crippen LogP contribution in [0.5, 0.6) is 0 Å². The number of nitrogens with one attached hydrogen (secondary N) is 1. The number of carbonyl (C=O) groups is 1. The van der Waals surface area contributed by atoms with Gasteiger partial charge in [-0.1, -0.05) is 18.2 Å². The van der Waals surface area contributed by atoms with E-state index in [1.165, 1.54) is 0 Å². The zero-order valence-corrected chi connectivity index (χ0v) is 11.3. The Bertz CT molecular complexity index is 657. The SMILES string of the molecule is CC(C)(C)OC(=O)c1[nH]c2ccccc2c1CC#N. The molecule has 19 heavy (non-hydrogen) atoms. The van der Waals surface area contributed by atoms with Crippen molar-refractivity contribution in [3.05, 3.63) is 35.5 Å². The summed E-state index contributed by atoms with van der Waals surface area (Å²) in [5.74, 6) is -0.422. The van der Waals surface area contributed by atoms with Gasteiger partial charge in [-0.25, -0.2) is 4.79 Å². The summed E-state index contributed by atoms with van der Waals surface area (Å²) in [7, 11) is 0. The Hall–Kier alpha value is -2.28. The molecule has 4 heteroatoms. The van der Waals surface area contributed by atoms with Gasteiger partial charge in [0.25, 0.3) is 0 Å². The maximum absolute atomic E-state index is 12.2. The minimum atomic E-state index is -0.557. The van der Waals surface area contributed by atoms with Crippen molar-refractivity contribution in [3.8, 4) is 6.07 Å². The molecule has 98 valence electrons. The number of ether oxygens (including phenoxy) is 1. The second kappa shape index (κ2) is 4.77. The summed E-state index contributed by atoms with van der Waals surface area (Å²) in [5.41, 5.74) is 1.36. The Morgan fingerprint density at radius 2 is 2.05 bits per heavy atom. The zero-order chi connectivity index (χ0) is 14.0. The summed E-state index contributed by atoms with van der Waals surface area (Å²) in [6, 6.07) is 9.63. The van der Waals surface area contributed by atoms with Gasteiger partial charge in [-0.3, -0.25) is 0 Å². The fourth-order valence-electron chi connectivity index (χ4n) is 1.97. The molecule has 2 aromatic rings. The van der Waals surface area contributed by atoms with Crippen LogP contribution in [0.25, 0.3) is 10.9 Å². The number of aromatic nitrogens is 1. The van der Waals surface area contributed by atoms with Gasteiger partial charge in [0, 0.05) is 16.5 Å². The number of benzene rings is 1. The highest BCUT2D eigenvalue weighted by molar-refractivity contribution is 5.98. The van der Waals surface area contributed by atoms with Gasteiger partial charge in [0.05, 0.1) is 12.5 Å². The average Bonchev–Trinajstić information content (AvgIpc) is 2.67. The lowest BCUT2D eigenvalue weighted by Crippen LogP contribution is -2.24. The summed E-state index contributed by atoms with van der Waals surface area (Å²) in [6.07, 6.45) is 0.179. The molecule has 0 bridgehead atoms. The molecule has 0 aliphatic heterocycles. The maximum atomic E-state index is 12.2. The first-order valence-electron chi connectivity index (χ1n) is 6.12. The summed E-state index contributed by atoms with van der Waals surface area (Å²) < 4.78 is 5.36. The van der Waals surface area contributed by atoms with Gasteiger partial charge >= 0.3 is 5.97 Å². The minimum Gasteiger partial charge on any atom is -0.455 e. The van der Waals surface area contributed by atoms with E-state index in [4.69, 9.17) is 10.00 Å². The van der Waals surface area contributed by atoms with Crippen molar-refractivity contribution in [2.24, 2.45) is 0 Å². The Balaban J connectivity index is 2.50. The molecule has 1 N–H and O–H groups in total. The van der Waals surface area contributed by atoms with Crippen LogP contribution in [0.4, 0.5) is 0 Å². The van der Waals surface area contributed by atoms with Crippen molar-refractivity contribution in [1.29, 1.82) is 5.26 Å². The van der Waals surface area contributed by atoms with Gasteiger partial charge in [0.15, 0.2) is 0 Å². The van der Waals surface area contributed by atoms with Gasteiger partial charge in [-0.05, 0) is 26.8 Å². The number of para-hydroxylation sites is 1. The lowest BCUT2D eigenvalue weighted by atomic mass is 10.1. The van der Waals surface area contributed by atoms with Crippen molar-refractivity contribution in [3.63, 3.8) is 0 Å². The van der Waals surface area contributed by atoms with E-state index in [2.05, 4.69) is 11.1 Å². The third-order valence-electron chi connectivity index (χ3n) is 2.67. The van der Waals surface area contributed by atoms with Crippen LogP contribution in [0.1, 0.15) is 36.8 Å². The smallest absolute Gasteiger partial charge is 0.355 e. The van der Waals surface area contributed by atoms with Crippen molar-refractivity contribution >= 4 is 16.9 Å². The molecule has 0 aliphatic carbocycles. The van der Waals surface area contributed by atoms with Crippen LogP contribution in [0, 0.1) is 11.3 Å². The molecule has 0 unspecified atom stereocenters. The lowest BCUT2D eigenvalue weighted by Gasteiger charge is -2.19. The normalized spacial score (nSPS) is 11.3. The number of rotatable bonds is 2. The number of carbonyl (C=O) groups excluding carboxylic acids is 1. The van der Waals surface area contributed by atoms with Crippen LogP contribution in [-0.4, -0.2) is 16.6 Å². The minimum absolute atomic E-state index is 0.179. The Kier molecular flexibility index (Phi) is 3.30. The molecular weight excluding hydrogens is 240 g/mol. The van der Waals surface area contributed by atoms with E-state index in [-0.39, 0.29) is 6.42 Å². The molecule has 1 heterocycles. The molecule has 0 aliphatic rings. The van der Waals surface area contributed by atoms with Crippen LogP contribution >= 0.6 is 0 Å². The van der Waals surface area contributed by atoms with E-state index in [1.54, 1.807) is 0 Å². The molecule has 0 fully saturated rings. The molecule has 0 atom stereocenters. The average molecular weight is 256 g/mol. The fourth-order valence-corrected chi connectivity index (χ4v) is 1.97. The first-order chi connectivity index (χ1) is 8.92. The molecule has 0 amide bonds. The van der Waals surface area contributed by atoms with Gasteiger partial charge in [0.2, 0.25) is 0 Å². The van der Waals surface area contributed by atoms with E-state index in [9.17, 15) is 4.79 Å². The predicted molar refractivity (Wildman–Crippen MR) is 72.8 cm³/mol. The highest BCUT2D eigenvalue weighted by atomic mass is 16.6. The maximum Gasteiger partial charge on any atom is 0.355 e. The Labute approximate surface area is 112 Å². The van der Waals surface area contributed by atoms with Crippen LogP contribution in [0.15, 0.2) is 24.3 Å². The standard InChI is InChI=1S/C15H16N2O2/c1-15(2,3)19-14(18)13-11(8-9-16)10-6-4-5-7-12(10)17-13/h4-7,17H,8H2,1-3H3. The molecule has 0 saturated heterocycles. The highest BCUT2D eigenvalue weighted by Gasteiger charge is 2.23. The third kappa shape index (κ3) is 2.76. The van der Waals surface area contributed by atoms with Gasteiger partial charge < -0.3 is 9.72 Å². The van der Waals surface area contributed by atoms with Crippen molar-refractivity contribution in [2.75, 3.05) is 0 Å². The van der Waals surface area contributed by atoms with Crippen LogP contribution in [-0.2, 0) is 11.2 Å². The summed E-state index contributed by atoms with van der Waals surface area (Å²) in [5, 5.41) is 9.81. The zero-order valence-electron chi connectivity index (χ0n) is 11.3. The van der Waals surface area contributed by atoms with E-state index >= 15 is 0 Å². The number of hydrogen-bond acceptors (Lipinski definition) is 3. The fraction of sp³-hybridized carbons (Fsp3) is 0.333. The number of hydrogen-bond donors (Lipinski definition) is 1. The molecule has 1 aromatic carbocycles. The van der Waals surface area contributed by atoms with E-state index in [0.29, 0.717) is 11.3 Å². The molecule has 1 aromatic heterocycles. The summed E-state index contributed by atoms with van der Waals surface area (Å²) in [4.78, 5) is 15.2. The number of nitrogens with zero attached hydrogens (tertiary/aromatic N) is 1. The first kappa shape index (κ1) is 13.2. The van der Waals surface area contributed by atoms with Crippen molar-refractivity contribution in [2.45, 2.75) is 32.8 Å². The molecule has 4 nitrogen and oxygen atoms in total. The number of nitriles is 1. The van der Waals surface area contributed by atoms with Gasteiger partial charge in [0.1, 0.15) is 11.3 Å². The van der Waals surface area contributed by atoms with Gasteiger partial charge in [-0.15, -0.1) is 0 Å². The second-order valence-corrected chi connectivity index (χ2v) is 5.36. The van der Waals surface area contributed by atoms with Crippen molar-refractivity contribution < 1.29 is 9.53 Å². The van der Waals surface area contributed by atoms with Gasteiger partial charge in [-0.2, -0.15) is 5.26 Å². The van der Waals surface area contributed by atoms with E-state index < -0.39 is 11.6 Å². The Morgan fingerprint density at radius 3 is 2.68 bits per heavy atom. The summed E-state index contributed by atoms with van der Waals surface area (Å²) in [6.45, 7) is 5.45. The third-order valence-corrected chi connectivity index (χ3v) is 2.67. The van der Waals surface area contributed by atoms with Crippen LogP contribution in [0.2, 0.25) is 0 Å². The topological polar surface area (TPSA) is 65.9 Å². The highest BCUT2D eigenvalue weighted by Crippen LogP contribution is 2.24.